The molecule has 0 saturated carbocycles. The van der Waals surface area contributed by atoms with E-state index in [4.69, 9.17) is 18.9 Å². The third-order valence-corrected chi connectivity index (χ3v) is 5.71. The van der Waals surface area contributed by atoms with Crippen molar-refractivity contribution in [3.05, 3.63) is 53.1 Å². The average molecular weight is 569 g/mol. The minimum absolute atomic E-state index is 0.0582. The molecule has 0 aliphatic carbocycles. The minimum Gasteiger partial charge on any atom is -0.463 e. The molecule has 2 amide bonds. The molecule has 218 valence electrons. The minimum atomic E-state index is -3.93. The number of aliphatic hydroxyl groups excluding tert-OH is 1. The van der Waals surface area contributed by atoms with Gasteiger partial charge in [0.1, 0.15) is 25.1 Å². The molecule has 15 heteroatoms. The van der Waals surface area contributed by atoms with Gasteiger partial charge in [0.2, 0.25) is 12.1 Å². The zero-order valence-electron chi connectivity index (χ0n) is 21.6. The summed E-state index contributed by atoms with van der Waals surface area (Å²) < 4.78 is 49.6. The molecular formula is C25H30F2N4O9. The second-order valence-electron chi connectivity index (χ2n) is 8.71. The number of hydrogen-bond donors (Lipinski definition) is 3. The number of unbranched alkanes of at least 4 members (excludes halogenated alkanes) is 1. The van der Waals surface area contributed by atoms with Crippen molar-refractivity contribution in [2.24, 2.45) is 0 Å². The van der Waals surface area contributed by atoms with Crippen molar-refractivity contribution in [3.8, 4) is 0 Å². The number of alkyl halides is 2. The number of rotatable bonds is 13. The van der Waals surface area contributed by atoms with Crippen LogP contribution in [0.15, 0.2) is 47.4 Å². The summed E-state index contributed by atoms with van der Waals surface area (Å²) in [5.41, 5.74) is -0.540. The summed E-state index contributed by atoms with van der Waals surface area (Å²) in [6.07, 6.45) is -5.47. The maximum Gasteiger partial charge on any atom is 0.412 e. The van der Waals surface area contributed by atoms with Gasteiger partial charge in [0.05, 0.1) is 6.61 Å². The number of nitrogens with zero attached hydrogens (tertiary/aromatic N) is 2. The first-order valence-electron chi connectivity index (χ1n) is 12.4. The van der Waals surface area contributed by atoms with E-state index < -0.39 is 48.7 Å². The topological polar surface area (TPSA) is 167 Å². The number of nitrogens with one attached hydrogen (secondary N) is 2. The van der Waals surface area contributed by atoms with Gasteiger partial charge < -0.3 is 29.4 Å². The molecule has 0 spiro atoms. The smallest absolute Gasteiger partial charge is 0.412 e. The maximum atomic E-state index is 14.8. The van der Waals surface area contributed by atoms with Gasteiger partial charge in [-0.25, -0.2) is 9.59 Å². The Morgan fingerprint density at radius 2 is 1.80 bits per heavy atom. The van der Waals surface area contributed by atoms with Crippen LogP contribution in [0, 0.1) is 0 Å². The van der Waals surface area contributed by atoms with Crippen LogP contribution in [-0.4, -0.2) is 77.7 Å². The van der Waals surface area contributed by atoms with E-state index in [0.29, 0.717) is 23.1 Å². The molecule has 0 radical (unpaired) electrons. The molecule has 1 saturated heterocycles. The van der Waals surface area contributed by atoms with E-state index >= 15 is 0 Å². The number of benzene rings is 1. The summed E-state index contributed by atoms with van der Waals surface area (Å²) in [7, 11) is 1.41. The third kappa shape index (κ3) is 8.53. The van der Waals surface area contributed by atoms with Crippen molar-refractivity contribution in [2.75, 3.05) is 37.6 Å². The molecule has 3 N–H and O–H groups in total. The van der Waals surface area contributed by atoms with Crippen LogP contribution in [0.3, 0.4) is 0 Å². The highest BCUT2D eigenvalue weighted by Gasteiger charge is 2.60. The molecule has 1 aliphatic rings. The average Bonchev–Trinajstić information content (AvgIpc) is 3.14. The predicted molar refractivity (Wildman–Crippen MR) is 135 cm³/mol. The number of halogens is 2. The Bertz CT molecular complexity index is 1210. The lowest BCUT2D eigenvalue weighted by atomic mass is 10.1. The van der Waals surface area contributed by atoms with E-state index in [0.717, 1.165) is 12.3 Å². The molecule has 1 aliphatic heterocycles. The summed E-state index contributed by atoms with van der Waals surface area (Å²) >= 11 is 0. The van der Waals surface area contributed by atoms with Crippen LogP contribution in [0.1, 0.15) is 31.9 Å². The van der Waals surface area contributed by atoms with Crippen LogP contribution in [0.5, 0.6) is 0 Å². The maximum absolute atomic E-state index is 14.8. The van der Waals surface area contributed by atoms with E-state index in [1.165, 1.54) is 7.11 Å². The molecule has 13 nitrogen and oxygen atoms in total. The zero-order chi connectivity index (χ0) is 29.1. The number of amides is 2. The summed E-state index contributed by atoms with van der Waals surface area (Å²) in [6, 6.07) is 9.93. The van der Waals surface area contributed by atoms with Crippen LogP contribution in [0.4, 0.5) is 25.1 Å². The van der Waals surface area contributed by atoms with Crippen LogP contribution in [0.2, 0.25) is 0 Å². The van der Waals surface area contributed by atoms with Gasteiger partial charge in [-0.2, -0.15) is 13.8 Å². The van der Waals surface area contributed by atoms with Crippen molar-refractivity contribution >= 4 is 29.5 Å². The Morgan fingerprint density at radius 1 is 1.07 bits per heavy atom. The highest BCUT2D eigenvalue weighted by Crippen LogP contribution is 2.42. The van der Waals surface area contributed by atoms with Gasteiger partial charge in [0.25, 0.3) is 0 Å². The number of anilines is 2. The van der Waals surface area contributed by atoms with Gasteiger partial charge >= 0.3 is 23.7 Å². The quantitative estimate of drug-likeness (QED) is 0.240. The van der Waals surface area contributed by atoms with Gasteiger partial charge in [-0.05, 0) is 31.0 Å². The largest absolute Gasteiger partial charge is 0.463 e. The van der Waals surface area contributed by atoms with Crippen LogP contribution >= 0.6 is 0 Å². The number of ether oxygens (including phenoxy) is 4. The monoisotopic (exact) mass is 568 g/mol. The molecule has 1 aromatic heterocycles. The number of esters is 1. The Hall–Kier alpha value is -3.95. The molecule has 2 heterocycles. The Kier molecular flexibility index (Phi) is 11.0. The van der Waals surface area contributed by atoms with E-state index in [1.54, 1.807) is 24.3 Å². The molecule has 3 rings (SSSR count). The highest BCUT2D eigenvalue weighted by atomic mass is 19.3. The number of carbonyl (C=O) groups is 3. The fourth-order valence-electron chi connectivity index (χ4n) is 3.67. The fourth-order valence-corrected chi connectivity index (χ4v) is 3.67. The van der Waals surface area contributed by atoms with Crippen molar-refractivity contribution in [3.63, 3.8) is 0 Å². The van der Waals surface area contributed by atoms with E-state index in [9.17, 15) is 33.1 Å². The van der Waals surface area contributed by atoms with Crippen LogP contribution < -0.4 is 16.3 Å². The summed E-state index contributed by atoms with van der Waals surface area (Å²) in [6.45, 7) is -0.601. The summed E-state index contributed by atoms with van der Waals surface area (Å²) in [4.78, 5) is 51.5. The summed E-state index contributed by atoms with van der Waals surface area (Å²) in [5.74, 6) is -5.12. The fraction of sp³-hybridized carbons (Fsp3) is 0.480. The molecule has 1 fully saturated rings. The first kappa shape index (κ1) is 30.6. The lowest BCUT2D eigenvalue weighted by Gasteiger charge is -2.21. The van der Waals surface area contributed by atoms with Gasteiger partial charge in [-0.3, -0.25) is 19.5 Å². The van der Waals surface area contributed by atoms with E-state index in [-0.39, 0.29) is 37.8 Å². The lowest BCUT2D eigenvalue weighted by molar-refractivity contribution is -0.150. The number of hydrogen-bond acceptors (Lipinski definition) is 10. The first-order chi connectivity index (χ1) is 19.1. The second-order valence-corrected chi connectivity index (χ2v) is 8.71. The van der Waals surface area contributed by atoms with Gasteiger partial charge in [-0.15, -0.1) is 0 Å². The van der Waals surface area contributed by atoms with Crippen molar-refractivity contribution < 1.29 is 47.2 Å². The first-order valence-corrected chi connectivity index (χ1v) is 12.4. The van der Waals surface area contributed by atoms with E-state index in [1.807, 2.05) is 6.07 Å². The standard InChI is InChI=1S/C25H30F2N4O9/c1-37-13-14-38-24(36)30-18-11-12-31(23(35)29-18)22-25(26,27)21(34)17(40-22)15-39-20(33)10-6-5-9-19(32)28-16-7-3-2-4-8-16/h2-4,7-8,11-12,17,21-22,34H,5-6,9-10,13-15H2,1H3,(H,28,32)(H,29,30,35,36)/t17-,21-,22-/m1/s1. The number of methoxy groups -OCH3 is 1. The predicted octanol–water partition coefficient (Wildman–Crippen LogP) is 2.07. The Labute approximate surface area is 227 Å². The number of aromatic nitrogens is 2. The Morgan fingerprint density at radius 3 is 2.50 bits per heavy atom. The van der Waals surface area contributed by atoms with Crippen LogP contribution in [0.25, 0.3) is 0 Å². The number of para-hydroxylation sites is 1. The van der Waals surface area contributed by atoms with Gasteiger partial charge in [0.15, 0.2) is 6.10 Å². The molecule has 40 heavy (non-hydrogen) atoms. The number of aliphatic hydroxyl groups is 1. The highest BCUT2D eigenvalue weighted by molar-refractivity contribution is 5.90. The van der Waals surface area contributed by atoms with Gasteiger partial charge in [0, 0.05) is 31.8 Å². The molecular weight excluding hydrogens is 538 g/mol. The third-order valence-electron chi connectivity index (χ3n) is 5.71. The SMILES string of the molecule is COCCOC(=O)Nc1ccn([C@@H]2O[C@H](COC(=O)CCCCC(=O)Nc3ccccc3)[C@@H](O)C2(F)F)c(=O)n1. The molecule has 2 aromatic rings. The second kappa shape index (κ2) is 14.4. The number of carbonyl (C=O) groups excluding carboxylic acids is 3. The molecule has 3 atom stereocenters. The van der Waals surface area contributed by atoms with Crippen molar-refractivity contribution in [1.82, 2.24) is 9.55 Å². The normalized spacial score (nSPS) is 19.6. The molecule has 0 bridgehead atoms. The Balaban J connectivity index is 1.45. The van der Waals surface area contributed by atoms with Gasteiger partial charge in [-0.1, -0.05) is 18.2 Å². The molecule has 0 unspecified atom stereocenters. The molecule has 1 aromatic carbocycles. The van der Waals surface area contributed by atoms with E-state index in [2.05, 4.69) is 15.6 Å². The van der Waals surface area contributed by atoms with Crippen molar-refractivity contribution in [1.29, 1.82) is 0 Å². The summed E-state index contributed by atoms with van der Waals surface area (Å²) in [5, 5.41) is 15.0. The lowest BCUT2D eigenvalue weighted by Crippen LogP contribution is -2.42. The van der Waals surface area contributed by atoms with Crippen LogP contribution in [-0.2, 0) is 28.5 Å². The zero-order valence-corrected chi connectivity index (χ0v) is 21.6. The van der Waals surface area contributed by atoms with Crippen molar-refractivity contribution in [2.45, 2.75) is 50.0 Å².